The molecule has 4 heteroatoms. The summed E-state index contributed by atoms with van der Waals surface area (Å²) in [5, 5.41) is 0. The standard InChI is InChI=1S/C22H35NO3/c1-5-17(4)23(7-3)15-12-20-16-22(21(25)26-20)13-10-18(11-14-22)8-9-19(24)6-2/h1,17-18,20H,6-16H2,2-4H3/t17-,18?,20-,22?/m0/s1. The van der Waals surface area contributed by atoms with Crippen LogP contribution in [0.15, 0.2) is 0 Å². The van der Waals surface area contributed by atoms with Gasteiger partial charge in [-0.05, 0) is 57.9 Å². The molecule has 0 radical (unpaired) electrons. The van der Waals surface area contributed by atoms with E-state index in [0.717, 1.165) is 58.0 Å². The molecule has 1 aliphatic carbocycles. The Bertz CT molecular complexity index is 528. The largest absolute Gasteiger partial charge is 0.462 e. The lowest BCUT2D eigenvalue weighted by Crippen LogP contribution is -2.34. The Balaban J connectivity index is 1.80. The molecule has 1 spiro atoms. The van der Waals surface area contributed by atoms with Gasteiger partial charge in [-0.15, -0.1) is 6.42 Å². The maximum atomic E-state index is 12.6. The molecule has 4 nitrogen and oxygen atoms in total. The minimum absolute atomic E-state index is 0.0126. The fraction of sp³-hybridized carbons (Fsp3) is 0.818. The topological polar surface area (TPSA) is 46.6 Å². The number of nitrogens with zero attached hydrogens (tertiary/aromatic N) is 1. The van der Waals surface area contributed by atoms with Crippen molar-refractivity contribution in [2.24, 2.45) is 11.3 Å². The molecule has 0 aromatic carbocycles. The van der Waals surface area contributed by atoms with Crippen molar-refractivity contribution >= 4 is 11.8 Å². The summed E-state index contributed by atoms with van der Waals surface area (Å²) in [7, 11) is 0. The van der Waals surface area contributed by atoms with Gasteiger partial charge in [0.15, 0.2) is 0 Å². The zero-order chi connectivity index (χ0) is 19.2. The highest BCUT2D eigenvalue weighted by Crippen LogP contribution is 2.49. The summed E-state index contributed by atoms with van der Waals surface area (Å²) in [5.41, 5.74) is -0.259. The average Bonchev–Trinajstić information content (AvgIpc) is 2.96. The van der Waals surface area contributed by atoms with Gasteiger partial charge in [0.25, 0.3) is 0 Å². The van der Waals surface area contributed by atoms with E-state index in [1.165, 1.54) is 0 Å². The van der Waals surface area contributed by atoms with E-state index in [2.05, 4.69) is 17.7 Å². The lowest BCUT2D eigenvalue weighted by molar-refractivity contribution is -0.150. The molecule has 0 N–H and O–H groups in total. The first-order chi connectivity index (χ1) is 12.4. The zero-order valence-corrected chi connectivity index (χ0v) is 16.8. The number of ketones is 1. The number of terminal acetylenes is 1. The minimum Gasteiger partial charge on any atom is -0.462 e. The van der Waals surface area contributed by atoms with E-state index < -0.39 is 0 Å². The summed E-state index contributed by atoms with van der Waals surface area (Å²) in [6.45, 7) is 7.86. The molecule has 0 aromatic rings. The molecule has 2 atom stereocenters. The van der Waals surface area contributed by atoms with Crippen LogP contribution >= 0.6 is 0 Å². The number of esters is 1. The van der Waals surface area contributed by atoms with Crippen LogP contribution in [0, 0.1) is 23.7 Å². The summed E-state index contributed by atoms with van der Waals surface area (Å²) in [6, 6.07) is 0.118. The van der Waals surface area contributed by atoms with Crippen molar-refractivity contribution in [1.82, 2.24) is 4.90 Å². The van der Waals surface area contributed by atoms with Crippen LogP contribution in [0.25, 0.3) is 0 Å². The highest BCUT2D eigenvalue weighted by molar-refractivity contribution is 5.79. The lowest BCUT2D eigenvalue weighted by Gasteiger charge is -2.34. The van der Waals surface area contributed by atoms with Crippen molar-refractivity contribution in [3.8, 4) is 12.3 Å². The molecule has 1 aliphatic heterocycles. The molecule has 146 valence electrons. The normalized spacial score (nSPS) is 29.6. The Morgan fingerprint density at radius 1 is 1.35 bits per heavy atom. The first-order valence-corrected chi connectivity index (χ1v) is 10.4. The summed E-state index contributed by atoms with van der Waals surface area (Å²) in [6.07, 6.45) is 13.5. The maximum Gasteiger partial charge on any atom is 0.312 e. The minimum atomic E-state index is -0.259. The van der Waals surface area contributed by atoms with Crippen LogP contribution in [-0.4, -0.2) is 41.9 Å². The van der Waals surface area contributed by atoms with Gasteiger partial charge in [-0.2, -0.15) is 0 Å². The second-order valence-corrected chi connectivity index (χ2v) is 8.15. The molecule has 2 rings (SSSR count). The highest BCUT2D eigenvalue weighted by atomic mass is 16.6. The number of rotatable bonds is 9. The predicted octanol–water partition coefficient (Wildman–Crippen LogP) is 3.97. The molecule has 0 bridgehead atoms. The van der Waals surface area contributed by atoms with E-state index in [4.69, 9.17) is 11.2 Å². The number of hydrogen-bond acceptors (Lipinski definition) is 4. The highest BCUT2D eigenvalue weighted by Gasteiger charge is 2.50. The van der Waals surface area contributed by atoms with E-state index in [1.807, 2.05) is 13.8 Å². The van der Waals surface area contributed by atoms with Gasteiger partial charge in [0.1, 0.15) is 11.9 Å². The molecule has 0 aromatic heterocycles. The number of carbonyl (C=O) groups excluding carboxylic acids is 2. The molecule has 0 unspecified atom stereocenters. The van der Waals surface area contributed by atoms with Gasteiger partial charge in [-0.3, -0.25) is 14.5 Å². The van der Waals surface area contributed by atoms with E-state index in [9.17, 15) is 9.59 Å². The third kappa shape index (κ3) is 5.10. The summed E-state index contributed by atoms with van der Waals surface area (Å²) in [4.78, 5) is 26.3. The van der Waals surface area contributed by atoms with Gasteiger partial charge in [0.05, 0.1) is 11.5 Å². The Hall–Kier alpha value is -1.34. The second-order valence-electron chi connectivity index (χ2n) is 8.15. The van der Waals surface area contributed by atoms with E-state index >= 15 is 0 Å². The molecular formula is C22H35NO3. The predicted molar refractivity (Wildman–Crippen MR) is 104 cm³/mol. The Kier molecular flexibility index (Phi) is 7.70. The molecule has 2 aliphatic rings. The van der Waals surface area contributed by atoms with Gasteiger partial charge >= 0.3 is 5.97 Å². The zero-order valence-electron chi connectivity index (χ0n) is 16.8. The molecule has 1 saturated heterocycles. The van der Waals surface area contributed by atoms with Crippen LogP contribution in [0.5, 0.6) is 0 Å². The number of Topliss-reactive ketones (excluding diaryl/α,β-unsaturated/α-hetero) is 1. The van der Waals surface area contributed by atoms with Gasteiger partial charge in [-0.25, -0.2) is 0 Å². The summed E-state index contributed by atoms with van der Waals surface area (Å²) < 4.78 is 5.74. The number of hydrogen-bond donors (Lipinski definition) is 0. The van der Waals surface area contributed by atoms with Crippen molar-refractivity contribution in [3.63, 3.8) is 0 Å². The smallest absolute Gasteiger partial charge is 0.312 e. The van der Waals surface area contributed by atoms with Crippen molar-refractivity contribution in [2.75, 3.05) is 13.1 Å². The van der Waals surface area contributed by atoms with Crippen LogP contribution in [0.2, 0.25) is 0 Å². The van der Waals surface area contributed by atoms with Gasteiger partial charge in [-0.1, -0.05) is 19.8 Å². The van der Waals surface area contributed by atoms with Crippen LogP contribution in [-0.2, 0) is 14.3 Å². The van der Waals surface area contributed by atoms with Gasteiger partial charge < -0.3 is 4.74 Å². The van der Waals surface area contributed by atoms with Crippen LogP contribution < -0.4 is 0 Å². The maximum absolute atomic E-state index is 12.6. The second kappa shape index (κ2) is 9.55. The number of carbonyl (C=O) groups is 2. The van der Waals surface area contributed by atoms with Crippen molar-refractivity contribution in [1.29, 1.82) is 0 Å². The van der Waals surface area contributed by atoms with E-state index in [-0.39, 0.29) is 23.5 Å². The van der Waals surface area contributed by atoms with Crippen molar-refractivity contribution in [2.45, 2.75) is 90.7 Å². The third-order valence-electron chi connectivity index (χ3n) is 6.55. The molecule has 0 amide bonds. The molecular weight excluding hydrogens is 326 g/mol. The van der Waals surface area contributed by atoms with Crippen molar-refractivity contribution < 1.29 is 14.3 Å². The lowest BCUT2D eigenvalue weighted by atomic mass is 9.68. The van der Waals surface area contributed by atoms with Crippen molar-refractivity contribution in [3.05, 3.63) is 0 Å². The third-order valence-corrected chi connectivity index (χ3v) is 6.55. The van der Waals surface area contributed by atoms with Gasteiger partial charge in [0, 0.05) is 25.8 Å². The summed E-state index contributed by atoms with van der Waals surface area (Å²) >= 11 is 0. The fourth-order valence-electron chi connectivity index (χ4n) is 4.51. The van der Waals surface area contributed by atoms with Gasteiger partial charge in [0.2, 0.25) is 0 Å². The summed E-state index contributed by atoms with van der Waals surface area (Å²) in [5.74, 6) is 3.74. The monoisotopic (exact) mass is 361 g/mol. The van der Waals surface area contributed by atoms with Crippen LogP contribution in [0.3, 0.4) is 0 Å². The molecule has 1 saturated carbocycles. The Morgan fingerprint density at radius 2 is 2.04 bits per heavy atom. The quantitative estimate of drug-likeness (QED) is 0.460. The average molecular weight is 362 g/mol. The Labute approximate surface area is 159 Å². The van der Waals surface area contributed by atoms with E-state index in [1.54, 1.807) is 0 Å². The molecule has 26 heavy (non-hydrogen) atoms. The number of cyclic esters (lactones) is 1. The molecule has 2 fully saturated rings. The van der Waals surface area contributed by atoms with E-state index in [0.29, 0.717) is 24.5 Å². The van der Waals surface area contributed by atoms with Crippen LogP contribution in [0.4, 0.5) is 0 Å². The SMILES string of the molecule is C#C[C@H](C)N(CC)CC[C@H]1CC2(CCC(CCC(=O)CC)CC2)C(=O)O1. The Morgan fingerprint density at radius 3 is 2.62 bits per heavy atom. The number of ether oxygens (including phenoxy) is 1. The first kappa shape index (κ1) is 21.0. The molecule has 1 heterocycles. The first-order valence-electron chi connectivity index (χ1n) is 10.4. The van der Waals surface area contributed by atoms with Crippen LogP contribution in [0.1, 0.15) is 78.6 Å². The fourth-order valence-corrected chi connectivity index (χ4v) is 4.51.